The van der Waals surface area contributed by atoms with Gasteiger partial charge < -0.3 is 10.2 Å². The summed E-state index contributed by atoms with van der Waals surface area (Å²) in [6.07, 6.45) is 11.7. The molecule has 7 heteroatoms. The molecule has 4 rings (SSSR count). The largest absolute Gasteiger partial charge is 0.342 e. The number of hydrogen-bond donors (Lipinski definition) is 1. The van der Waals surface area contributed by atoms with E-state index in [1.54, 1.807) is 18.5 Å². The summed E-state index contributed by atoms with van der Waals surface area (Å²) in [7, 11) is 1.99. The molecule has 1 aliphatic carbocycles. The predicted octanol–water partition coefficient (Wildman–Crippen LogP) is 3.89. The van der Waals surface area contributed by atoms with Crippen LogP contribution in [0.4, 0.5) is 11.6 Å². The van der Waals surface area contributed by atoms with Crippen molar-refractivity contribution in [3.8, 4) is 0 Å². The fraction of sp³-hybridized carbons (Fsp3) is 0.583. The molecule has 7 nitrogen and oxygen atoms in total. The summed E-state index contributed by atoms with van der Waals surface area (Å²) in [5.74, 6) is 1.17. The highest BCUT2D eigenvalue weighted by atomic mass is 16.2. The number of aromatic nitrogens is 3. The summed E-state index contributed by atoms with van der Waals surface area (Å²) in [4.78, 5) is 30.6. The number of amides is 1. The van der Waals surface area contributed by atoms with Crippen molar-refractivity contribution >= 4 is 17.5 Å². The van der Waals surface area contributed by atoms with Crippen LogP contribution in [0, 0.1) is 6.92 Å². The van der Waals surface area contributed by atoms with Crippen molar-refractivity contribution in [2.24, 2.45) is 0 Å². The summed E-state index contributed by atoms with van der Waals surface area (Å²) in [6, 6.07) is 6.35. The van der Waals surface area contributed by atoms with Crippen LogP contribution in [0.15, 0.2) is 30.6 Å². The Balaban J connectivity index is 1.39. The monoisotopic (exact) mass is 422 g/mol. The highest BCUT2D eigenvalue weighted by molar-refractivity contribution is 5.78. The van der Waals surface area contributed by atoms with E-state index in [1.165, 1.54) is 19.3 Å². The van der Waals surface area contributed by atoms with Gasteiger partial charge in [0.15, 0.2) is 0 Å². The molecule has 0 aromatic carbocycles. The molecule has 1 N–H and O–H groups in total. The number of rotatable bonds is 6. The third-order valence-corrected chi connectivity index (χ3v) is 6.59. The maximum atomic E-state index is 12.9. The van der Waals surface area contributed by atoms with Gasteiger partial charge in [-0.2, -0.15) is 0 Å². The lowest BCUT2D eigenvalue weighted by molar-refractivity contribution is -0.134. The summed E-state index contributed by atoms with van der Waals surface area (Å²) in [5, 5.41) is 3.28. The molecule has 1 amide bonds. The maximum absolute atomic E-state index is 12.9. The Morgan fingerprint density at radius 3 is 2.68 bits per heavy atom. The van der Waals surface area contributed by atoms with Gasteiger partial charge in [0.25, 0.3) is 0 Å². The number of hydrogen-bond acceptors (Lipinski definition) is 6. The summed E-state index contributed by atoms with van der Waals surface area (Å²) in [5.41, 5.74) is 3.01. The summed E-state index contributed by atoms with van der Waals surface area (Å²) in [6.45, 7) is 4.39. The molecular formula is C24H34N6O. The number of aryl methyl sites for hydroxylation is 1. The molecule has 3 heterocycles. The lowest BCUT2D eigenvalue weighted by Crippen LogP contribution is -2.46. The molecule has 1 aliphatic heterocycles. The van der Waals surface area contributed by atoms with Crippen LogP contribution in [0.2, 0.25) is 0 Å². The molecule has 166 valence electrons. The first-order chi connectivity index (χ1) is 15.1. The van der Waals surface area contributed by atoms with E-state index in [1.807, 2.05) is 24.9 Å². The van der Waals surface area contributed by atoms with E-state index in [9.17, 15) is 4.79 Å². The number of likely N-dealkylation sites (tertiary alicyclic amines) is 1. The van der Waals surface area contributed by atoms with Gasteiger partial charge in [-0.15, -0.1) is 0 Å². The minimum atomic E-state index is 0.258. The fourth-order valence-corrected chi connectivity index (χ4v) is 4.88. The Hall–Kier alpha value is -2.54. The quantitative estimate of drug-likeness (QED) is 0.761. The molecule has 1 unspecified atom stereocenters. The second-order valence-corrected chi connectivity index (χ2v) is 8.99. The Labute approximate surface area is 185 Å². The molecule has 2 aliphatic rings. The highest BCUT2D eigenvalue weighted by Crippen LogP contribution is 2.29. The molecule has 1 saturated carbocycles. The van der Waals surface area contributed by atoms with Gasteiger partial charge in [-0.25, -0.2) is 9.97 Å². The third kappa shape index (κ3) is 5.79. The Morgan fingerprint density at radius 1 is 1.13 bits per heavy atom. The topological polar surface area (TPSA) is 74.2 Å². The van der Waals surface area contributed by atoms with E-state index in [0.717, 1.165) is 55.8 Å². The van der Waals surface area contributed by atoms with E-state index in [-0.39, 0.29) is 5.91 Å². The molecule has 2 aromatic rings. The molecule has 0 bridgehead atoms. The second kappa shape index (κ2) is 10.2. The van der Waals surface area contributed by atoms with Crippen molar-refractivity contribution in [3.05, 3.63) is 42.0 Å². The number of likely N-dealkylation sites (N-methyl/N-ethyl adjacent to an activating group) is 1. The number of piperidine rings is 1. The van der Waals surface area contributed by atoms with E-state index >= 15 is 0 Å². The van der Waals surface area contributed by atoms with Crippen molar-refractivity contribution in [1.29, 1.82) is 0 Å². The van der Waals surface area contributed by atoms with Gasteiger partial charge >= 0.3 is 0 Å². The lowest BCUT2D eigenvalue weighted by Gasteiger charge is -2.36. The predicted molar refractivity (Wildman–Crippen MR) is 122 cm³/mol. The van der Waals surface area contributed by atoms with Gasteiger partial charge in [-0.05, 0) is 57.4 Å². The zero-order valence-corrected chi connectivity index (χ0v) is 18.8. The molecule has 31 heavy (non-hydrogen) atoms. The smallest absolute Gasteiger partial charge is 0.236 e. The molecular weight excluding hydrogens is 388 g/mol. The Morgan fingerprint density at radius 2 is 1.90 bits per heavy atom. The van der Waals surface area contributed by atoms with Gasteiger partial charge in [-0.1, -0.05) is 19.3 Å². The van der Waals surface area contributed by atoms with Crippen LogP contribution < -0.4 is 5.32 Å². The van der Waals surface area contributed by atoms with Crippen molar-refractivity contribution in [2.45, 2.75) is 63.8 Å². The van der Waals surface area contributed by atoms with Crippen molar-refractivity contribution in [1.82, 2.24) is 24.8 Å². The summed E-state index contributed by atoms with van der Waals surface area (Å²) < 4.78 is 0. The molecule has 1 saturated heterocycles. The average Bonchev–Trinajstić information content (AvgIpc) is 2.79. The number of nitrogens with one attached hydrogen (secondary N) is 1. The van der Waals surface area contributed by atoms with Crippen molar-refractivity contribution in [3.63, 3.8) is 0 Å². The minimum absolute atomic E-state index is 0.258. The summed E-state index contributed by atoms with van der Waals surface area (Å²) >= 11 is 0. The third-order valence-electron chi connectivity index (χ3n) is 6.59. The lowest BCUT2D eigenvalue weighted by atomic mass is 9.93. The van der Waals surface area contributed by atoms with Crippen LogP contribution in [0.3, 0.4) is 0 Å². The van der Waals surface area contributed by atoms with E-state index < -0.39 is 0 Å². The van der Waals surface area contributed by atoms with Crippen LogP contribution in [-0.4, -0.2) is 63.4 Å². The normalized spacial score (nSPS) is 20.4. The van der Waals surface area contributed by atoms with Gasteiger partial charge in [0.2, 0.25) is 11.9 Å². The zero-order valence-electron chi connectivity index (χ0n) is 18.8. The minimum Gasteiger partial charge on any atom is -0.342 e. The van der Waals surface area contributed by atoms with Crippen LogP contribution in [-0.2, 0) is 4.79 Å². The van der Waals surface area contributed by atoms with E-state index in [2.05, 4.69) is 26.3 Å². The van der Waals surface area contributed by atoms with E-state index in [4.69, 9.17) is 4.98 Å². The van der Waals surface area contributed by atoms with Crippen LogP contribution >= 0.6 is 0 Å². The number of carbonyl (C=O) groups excluding carboxylic acids is 1. The van der Waals surface area contributed by atoms with Gasteiger partial charge in [-0.3, -0.25) is 14.7 Å². The van der Waals surface area contributed by atoms with Gasteiger partial charge in [0.05, 0.1) is 6.54 Å². The van der Waals surface area contributed by atoms with Crippen molar-refractivity contribution in [2.75, 3.05) is 32.0 Å². The number of pyridine rings is 1. The Kier molecular flexibility index (Phi) is 7.12. The standard InChI is InChI=1S/C24H34N6O/c1-18-14-20(28-24-25-11-7-12-26-24)15-22(27-18)19-8-6-13-30(16-19)17-23(31)29(2)21-9-4-3-5-10-21/h7,11-12,14-15,19,21H,3-6,8-10,13,16-17H2,1-2H3,(H,25,26,27,28). The molecule has 2 aromatic heterocycles. The molecule has 0 radical (unpaired) electrons. The Bertz CT molecular complexity index is 868. The number of nitrogens with zero attached hydrogens (tertiary/aromatic N) is 5. The molecule has 2 fully saturated rings. The van der Waals surface area contributed by atoms with E-state index in [0.29, 0.717) is 24.5 Å². The first-order valence-electron chi connectivity index (χ1n) is 11.6. The van der Waals surface area contributed by atoms with Crippen LogP contribution in [0.1, 0.15) is 62.3 Å². The SMILES string of the molecule is Cc1cc(Nc2ncccn2)cc(C2CCCN(CC(=O)N(C)C3CCCCC3)C2)n1. The van der Waals surface area contributed by atoms with Crippen LogP contribution in [0.25, 0.3) is 0 Å². The maximum Gasteiger partial charge on any atom is 0.236 e. The van der Waals surface area contributed by atoms with Crippen molar-refractivity contribution < 1.29 is 4.79 Å². The zero-order chi connectivity index (χ0) is 21.6. The first-order valence-corrected chi connectivity index (χ1v) is 11.6. The number of anilines is 2. The van der Waals surface area contributed by atoms with Gasteiger partial charge in [0.1, 0.15) is 0 Å². The second-order valence-electron chi connectivity index (χ2n) is 8.99. The number of carbonyl (C=O) groups is 1. The average molecular weight is 423 g/mol. The molecule has 1 atom stereocenters. The first kappa shape index (κ1) is 21.7. The highest BCUT2D eigenvalue weighted by Gasteiger charge is 2.27. The molecule has 0 spiro atoms. The fourth-order valence-electron chi connectivity index (χ4n) is 4.88. The van der Waals surface area contributed by atoms with Crippen LogP contribution in [0.5, 0.6) is 0 Å². The van der Waals surface area contributed by atoms with Gasteiger partial charge in [0, 0.05) is 55.0 Å².